The lowest BCUT2D eigenvalue weighted by Gasteiger charge is -2.25. The fraction of sp³-hybridized carbons (Fsp3) is 0.333. The highest BCUT2D eigenvalue weighted by Crippen LogP contribution is 2.28. The second-order valence-corrected chi connectivity index (χ2v) is 6.32. The Morgan fingerprint density at radius 1 is 1.38 bits per heavy atom. The van der Waals surface area contributed by atoms with Crippen LogP contribution in [-0.2, 0) is 20.8 Å². The molecule has 1 atom stereocenters. The summed E-state index contributed by atoms with van der Waals surface area (Å²) in [6, 6.07) is 6.52. The van der Waals surface area contributed by atoms with E-state index in [9.17, 15) is 14.4 Å². The van der Waals surface area contributed by atoms with Crippen LogP contribution in [0, 0.1) is 0 Å². The van der Waals surface area contributed by atoms with Crippen LogP contribution in [0.25, 0.3) is 11.3 Å². The smallest absolute Gasteiger partial charge is 0.249 e. The zero-order chi connectivity index (χ0) is 18.7. The number of aryl methyl sites for hydroxylation is 1. The van der Waals surface area contributed by atoms with Gasteiger partial charge in [-0.1, -0.05) is 23.7 Å². The molecule has 1 saturated heterocycles. The van der Waals surface area contributed by atoms with Gasteiger partial charge in [-0.3, -0.25) is 19.7 Å². The maximum absolute atomic E-state index is 12.5. The number of amides is 3. The van der Waals surface area contributed by atoms with E-state index in [1.807, 2.05) is 18.2 Å². The molecule has 1 aliphatic rings. The maximum Gasteiger partial charge on any atom is 0.249 e. The van der Waals surface area contributed by atoms with Gasteiger partial charge in [0, 0.05) is 24.9 Å². The maximum atomic E-state index is 12.5. The molecule has 2 aromatic rings. The van der Waals surface area contributed by atoms with Gasteiger partial charge in [-0.25, -0.2) is 4.98 Å². The van der Waals surface area contributed by atoms with Crippen molar-refractivity contribution < 1.29 is 18.8 Å². The van der Waals surface area contributed by atoms with E-state index < -0.39 is 11.9 Å². The molecule has 0 saturated carbocycles. The molecule has 26 heavy (non-hydrogen) atoms. The van der Waals surface area contributed by atoms with Crippen molar-refractivity contribution in [3.05, 3.63) is 41.4 Å². The number of hydrogen-bond acceptors (Lipinski definition) is 5. The number of carbonyl (C=O) groups is 3. The van der Waals surface area contributed by atoms with Crippen molar-refractivity contribution in [2.24, 2.45) is 0 Å². The average molecular weight is 376 g/mol. The Hall–Kier alpha value is -2.67. The number of oxazole rings is 1. The molecule has 3 rings (SSSR count). The van der Waals surface area contributed by atoms with Crippen molar-refractivity contribution in [3.63, 3.8) is 0 Å². The third-order valence-electron chi connectivity index (χ3n) is 4.23. The minimum absolute atomic E-state index is 0.00801. The topological polar surface area (TPSA) is 92.5 Å². The molecule has 0 aliphatic carbocycles. The zero-order valence-electron chi connectivity index (χ0n) is 14.2. The number of hydrogen-bond donors (Lipinski definition) is 1. The summed E-state index contributed by atoms with van der Waals surface area (Å²) in [6.07, 6.45) is 2.01. The van der Waals surface area contributed by atoms with E-state index in [0.717, 1.165) is 5.56 Å². The van der Waals surface area contributed by atoms with Crippen LogP contribution in [-0.4, -0.2) is 40.2 Å². The highest BCUT2D eigenvalue weighted by atomic mass is 35.5. The lowest BCUT2D eigenvalue weighted by molar-refractivity contribution is -0.138. The van der Waals surface area contributed by atoms with Crippen LogP contribution in [0.3, 0.4) is 0 Å². The Labute approximate surface area is 155 Å². The third kappa shape index (κ3) is 3.77. The Kier molecular flexibility index (Phi) is 5.37. The number of aromatic nitrogens is 1. The fourth-order valence-corrected chi connectivity index (χ4v) is 3.16. The normalized spacial score (nSPS) is 16.6. The van der Waals surface area contributed by atoms with Crippen molar-refractivity contribution in [3.8, 4) is 11.3 Å². The first-order chi connectivity index (χ1) is 12.5. The van der Waals surface area contributed by atoms with Crippen molar-refractivity contribution in [2.45, 2.75) is 32.2 Å². The molecule has 1 N–H and O–H groups in total. The summed E-state index contributed by atoms with van der Waals surface area (Å²) in [6.45, 7) is 2.12. The summed E-state index contributed by atoms with van der Waals surface area (Å²) < 4.78 is 5.68. The van der Waals surface area contributed by atoms with Crippen LogP contribution in [0.15, 0.2) is 34.9 Å². The number of nitrogens with one attached hydrogen (secondary N) is 1. The number of halogens is 1. The molecule has 136 valence electrons. The van der Waals surface area contributed by atoms with E-state index in [2.05, 4.69) is 10.3 Å². The van der Waals surface area contributed by atoms with Gasteiger partial charge < -0.3 is 9.32 Å². The van der Waals surface area contributed by atoms with E-state index in [1.54, 1.807) is 19.2 Å². The Bertz CT molecular complexity index is 848. The molecular weight excluding hydrogens is 358 g/mol. The molecular formula is C18H18ClN3O4. The van der Waals surface area contributed by atoms with Crippen molar-refractivity contribution in [1.29, 1.82) is 0 Å². The first-order valence-corrected chi connectivity index (χ1v) is 8.70. The number of carbonyl (C=O) groups excluding carboxylic acids is 3. The predicted molar refractivity (Wildman–Crippen MR) is 94.2 cm³/mol. The van der Waals surface area contributed by atoms with Crippen LogP contribution in [0.2, 0.25) is 5.02 Å². The van der Waals surface area contributed by atoms with Crippen LogP contribution in [0.5, 0.6) is 0 Å². The summed E-state index contributed by atoms with van der Waals surface area (Å²) in [4.78, 5) is 41.2. The molecule has 7 nitrogen and oxygen atoms in total. The minimum atomic E-state index is -0.733. The van der Waals surface area contributed by atoms with E-state index in [1.165, 1.54) is 4.90 Å². The van der Waals surface area contributed by atoms with Crippen molar-refractivity contribution in [1.82, 2.24) is 15.2 Å². The van der Waals surface area contributed by atoms with Gasteiger partial charge in [0.25, 0.3) is 0 Å². The largest absolute Gasteiger partial charge is 0.441 e. The number of nitrogens with zero attached hydrogens (tertiary/aromatic N) is 2. The first kappa shape index (κ1) is 18.1. The lowest BCUT2D eigenvalue weighted by Crippen LogP contribution is -2.44. The molecule has 0 unspecified atom stereocenters. The Morgan fingerprint density at radius 3 is 2.81 bits per heavy atom. The molecule has 1 aromatic heterocycles. The highest BCUT2D eigenvalue weighted by molar-refractivity contribution is 6.33. The van der Waals surface area contributed by atoms with E-state index >= 15 is 0 Å². The van der Waals surface area contributed by atoms with Crippen molar-refractivity contribution in [2.75, 3.05) is 6.54 Å². The van der Waals surface area contributed by atoms with Crippen LogP contribution in [0.4, 0.5) is 0 Å². The van der Waals surface area contributed by atoms with Gasteiger partial charge in [0.2, 0.25) is 17.7 Å². The summed E-state index contributed by atoms with van der Waals surface area (Å²) >= 11 is 6.14. The zero-order valence-corrected chi connectivity index (χ0v) is 15.0. The number of benzene rings is 1. The summed E-state index contributed by atoms with van der Waals surface area (Å²) in [7, 11) is 0. The second-order valence-electron chi connectivity index (χ2n) is 5.91. The first-order valence-electron chi connectivity index (χ1n) is 8.32. The predicted octanol–water partition coefficient (Wildman–Crippen LogP) is 2.19. The number of imide groups is 1. The van der Waals surface area contributed by atoms with Gasteiger partial charge in [0.15, 0.2) is 11.7 Å². The van der Waals surface area contributed by atoms with E-state index in [4.69, 9.17) is 16.0 Å². The number of rotatable bonds is 6. The van der Waals surface area contributed by atoms with E-state index in [-0.39, 0.29) is 24.7 Å². The summed E-state index contributed by atoms with van der Waals surface area (Å²) in [5.74, 6) is -0.0621. The number of likely N-dealkylation sites (N-methyl/N-ethyl adjacent to an activating group) is 1. The van der Waals surface area contributed by atoms with Gasteiger partial charge >= 0.3 is 0 Å². The summed E-state index contributed by atoms with van der Waals surface area (Å²) in [5, 5.41) is 2.78. The van der Waals surface area contributed by atoms with Crippen LogP contribution >= 0.6 is 11.6 Å². The Morgan fingerprint density at radius 2 is 2.15 bits per heavy atom. The standard InChI is InChI=1S/C18H18ClN3O4/c1-2-22(13-9-15(23)21-18(13)25)17(24)8-7-16-20-10-14(26-16)11-5-3-4-6-12(11)19/h3-6,10,13H,2,7-9H2,1H3,(H,21,23,25)/t13-/m1/s1. The molecule has 1 aromatic carbocycles. The lowest BCUT2D eigenvalue weighted by atomic mass is 10.1. The molecule has 0 radical (unpaired) electrons. The quantitative estimate of drug-likeness (QED) is 0.781. The molecule has 1 aliphatic heterocycles. The second kappa shape index (κ2) is 7.70. The SMILES string of the molecule is CCN(C(=O)CCc1ncc(-c2ccccc2Cl)o1)[C@@H]1CC(=O)NC1=O. The molecule has 8 heteroatoms. The third-order valence-corrected chi connectivity index (χ3v) is 4.56. The average Bonchev–Trinajstić information content (AvgIpc) is 3.21. The summed E-state index contributed by atoms with van der Waals surface area (Å²) in [5.41, 5.74) is 0.732. The van der Waals surface area contributed by atoms with Crippen LogP contribution < -0.4 is 5.32 Å². The molecule has 3 amide bonds. The molecule has 2 heterocycles. The Balaban J connectivity index is 1.63. The fourth-order valence-electron chi connectivity index (χ4n) is 2.93. The van der Waals surface area contributed by atoms with Gasteiger partial charge in [-0.15, -0.1) is 0 Å². The monoisotopic (exact) mass is 375 g/mol. The van der Waals surface area contributed by atoms with Crippen LogP contribution in [0.1, 0.15) is 25.7 Å². The highest BCUT2D eigenvalue weighted by Gasteiger charge is 2.36. The molecule has 0 spiro atoms. The minimum Gasteiger partial charge on any atom is -0.441 e. The van der Waals surface area contributed by atoms with Gasteiger partial charge in [0.1, 0.15) is 6.04 Å². The van der Waals surface area contributed by atoms with Crippen molar-refractivity contribution >= 4 is 29.3 Å². The van der Waals surface area contributed by atoms with Gasteiger partial charge in [-0.05, 0) is 19.1 Å². The molecule has 0 bridgehead atoms. The molecule has 1 fully saturated rings. The van der Waals surface area contributed by atoms with Gasteiger partial charge in [-0.2, -0.15) is 0 Å². The van der Waals surface area contributed by atoms with E-state index in [0.29, 0.717) is 29.6 Å². The van der Waals surface area contributed by atoms with Gasteiger partial charge in [0.05, 0.1) is 17.6 Å².